The van der Waals surface area contributed by atoms with Crippen molar-refractivity contribution in [3.63, 3.8) is 0 Å². The van der Waals surface area contributed by atoms with Gasteiger partial charge in [0.2, 0.25) is 0 Å². The highest BCUT2D eigenvalue weighted by atomic mass is 16.5. The van der Waals surface area contributed by atoms with Crippen LogP contribution in [0.3, 0.4) is 0 Å². The molecule has 1 amide bonds. The molecular weight excluding hydrogens is 346 g/mol. The highest BCUT2D eigenvalue weighted by molar-refractivity contribution is 5.87. The summed E-state index contributed by atoms with van der Waals surface area (Å²) in [6.45, 7) is 2.06. The van der Waals surface area contributed by atoms with Gasteiger partial charge in [-0.2, -0.15) is 0 Å². The van der Waals surface area contributed by atoms with Crippen molar-refractivity contribution in [3.8, 4) is 23.7 Å². The maximum Gasteiger partial charge on any atom is 0.411 e. The number of hydrogen-bond donors (Lipinski definition) is 1. The van der Waals surface area contributed by atoms with Crippen molar-refractivity contribution in [2.45, 2.75) is 6.92 Å². The van der Waals surface area contributed by atoms with Gasteiger partial charge in [-0.25, -0.2) is 4.79 Å². The largest absolute Gasteiger partial charge is 0.450 e. The Balaban J connectivity index is 1.93. The molecule has 0 fully saturated rings. The predicted octanol–water partition coefficient (Wildman–Crippen LogP) is 5.05. The molecule has 0 unspecified atom stereocenters. The van der Waals surface area contributed by atoms with Gasteiger partial charge in [0.1, 0.15) is 0 Å². The Kier molecular flexibility index (Phi) is 6.50. The van der Waals surface area contributed by atoms with Crippen LogP contribution in [0.2, 0.25) is 0 Å². The highest BCUT2D eigenvalue weighted by Gasteiger charge is 2.06. The summed E-state index contributed by atoms with van der Waals surface area (Å²) >= 11 is 0. The minimum atomic E-state index is -0.506. The predicted molar refractivity (Wildman–Crippen MR) is 112 cm³/mol. The third kappa shape index (κ3) is 5.53. The molecule has 0 aliphatic heterocycles. The van der Waals surface area contributed by atoms with Crippen LogP contribution in [0.4, 0.5) is 10.5 Å². The SMILES string of the molecule is CCOC(=O)Nc1ccc(C#Cc2ccccc2)cc1C#Cc1ccccc1. The number of carbonyl (C=O) groups is 1. The molecule has 3 rings (SSSR count). The average Bonchev–Trinajstić information content (AvgIpc) is 2.73. The molecule has 3 heteroatoms. The third-order valence-corrected chi connectivity index (χ3v) is 3.77. The van der Waals surface area contributed by atoms with E-state index in [2.05, 4.69) is 29.0 Å². The van der Waals surface area contributed by atoms with E-state index in [1.807, 2.05) is 72.8 Å². The van der Waals surface area contributed by atoms with Crippen molar-refractivity contribution < 1.29 is 9.53 Å². The van der Waals surface area contributed by atoms with Crippen LogP contribution in [-0.2, 0) is 4.74 Å². The van der Waals surface area contributed by atoms with Crippen molar-refractivity contribution in [1.29, 1.82) is 0 Å². The van der Waals surface area contributed by atoms with E-state index in [0.29, 0.717) is 17.9 Å². The summed E-state index contributed by atoms with van der Waals surface area (Å²) in [4.78, 5) is 11.8. The van der Waals surface area contributed by atoms with Gasteiger partial charge in [0.15, 0.2) is 0 Å². The van der Waals surface area contributed by atoms with Gasteiger partial charge in [0.05, 0.1) is 12.3 Å². The Hall–Kier alpha value is -3.95. The first-order valence-corrected chi connectivity index (χ1v) is 8.96. The minimum Gasteiger partial charge on any atom is -0.450 e. The Bertz CT molecular complexity index is 1070. The van der Waals surface area contributed by atoms with Gasteiger partial charge in [-0.1, -0.05) is 60.1 Å². The van der Waals surface area contributed by atoms with Crippen LogP contribution >= 0.6 is 0 Å². The molecule has 0 aliphatic carbocycles. The first-order chi connectivity index (χ1) is 13.7. The summed E-state index contributed by atoms with van der Waals surface area (Å²) in [5.74, 6) is 12.5. The zero-order chi connectivity index (χ0) is 19.6. The molecule has 0 saturated carbocycles. The third-order valence-electron chi connectivity index (χ3n) is 3.77. The fourth-order valence-electron chi connectivity index (χ4n) is 2.44. The molecule has 0 atom stereocenters. The van der Waals surface area contributed by atoms with Crippen LogP contribution in [0.25, 0.3) is 0 Å². The van der Waals surface area contributed by atoms with E-state index in [9.17, 15) is 4.79 Å². The standard InChI is InChI=1S/C25H19NO2/c1-2-28-25(27)26-24-18-16-22(14-13-20-9-5-3-6-10-20)19-23(24)17-15-21-11-7-4-8-12-21/h3-12,16,18-19H,2H2,1H3,(H,26,27). The van der Waals surface area contributed by atoms with Crippen molar-refractivity contribution in [2.24, 2.45) is 0 Å². The molecule has 0 bridgehead atoms. The normalized spacial score (nSPS) is 9.32. The lowest BCUT2D eigenvalue weighted by molar-refractivity contribution is 0.168. The molecular formula is C25H19NO2. The number of rotatable bonds is 2. The number of ether oxygens (including phenoxy) is 1. The number of hydrogen-bond acceptors (Lipinski definition) is 2. The molecule has 0 spiro atoms. The first-order valence-electron chi connectivity index (χ1n) is 8.96. The van der Waals surface area contributed by atoms with Gasteiger partial charge < -0.3 is 4.74 Å². The van der Waals surface area contributed by atoms with Crippen molar-refractivity contribution in [3.05, 3.63) is 101 Å². The number of anilines is 1. The van der Waals surface area contributed by atoms with Gasteiger partial charge in [-0.15, -0.1) is 0 Å². The number of benzene rings is 3. The van der Waals surface area contributed by atoms with Gasteiger partial charge in [0, 0.05) is 22.3 Å². The van der Waals surface area contributed by atoms with Crippen LogP contribution in [0.1, 0.15) is 29.2 Å². The van der Waals surface area contributed by atoms with Crippen LogP contribution < -0.4 is 5.32 Å². The van der Waals surface area contributed by atoms with Crippen molar-refractivity contribution in [2.75, 3.05) is 11.9 Å². The fraction of sp³-hybridized carbons (Fsp3) is 0.0800. The summed E-state index contributed by atoms with van der Waals surface area (Å²) in [6.07, 6.45) is -0.506. The highest BCUT2D eigenvalue weighted by Crippen LogP contribution is 2.17. The Morgan fingerprint density at radius 3 is 1.96 bits per heavy atom. The smallest absolute Gasteiger partial charge is 0.411 e. The molecule has 0 saturated heterocycles. The second-order valence-electron chi connectivity index (χ2n) is 5.84. The topological polar surface area (TPSA) is 38.3 Å². The quantitative estimate of drug-likeness (QED) is 0.645. The van der Waals surface area contributed by atoms with Crippen LogP contribution in [0.5, 0.6) is 0 Å². The van der Waals surface area contributed by atoms with Gasteiger partial charge in [-0.3, -0.25) is 5.32 Å². The van der Waals surface area contributed by atoms with Crippen LogP contribution in [0, 0.1) is 23.7 Å². The molecule has 1 N–H and O–H groups in total. The summed E-state index contributed by atoms with van der Waals surface area (Å²) in [5.41, 5.74) is 3.91. The molecule has 3 nitrogen and oxygen atoms in total. The van der Waals surface area contributed by atoms with Crippen molar-refractivity contribution >= 4 is 11.8 Å². The van der Waals surface area contributed by atoms with Crippen LogP contribution in [0.15, 0.2) is 78.9 Å². The van der Waals surface area contributed by atoms with Gasteiger partial charge in [-0.05, 0) is 49.4 Å². The molecule has 28 heavy (non-hydrogen) atoms. The van der Waals surface area contributed by atoms with E-state index in [1.54, 1.807) is 13.0 Å². The summed E-state index contributed by atoms with van der Waals surface area (Å²) < 4.78 is 4.97. The van der Waals surface area contributed by atoms with E-state index in [-0.39, 0.29) is 0 Å². The summed E-state index contributed by atoms with van der Waals surface area (Å²) in [7, 11) is 0. The molecule has 0 aliphatic rings. The van der Waals surface area contributed by atoms with E-state index in [0.717, 1.165) is 16.7 Å². The molecule has 3 aromatic rings. The maximum absolute atomic E-state index is 11.8. The zero-order valence-corrected chi connectivity index (χ0v) is 15.5. The Morgan fingerprint density at radius 1 is 0.786 bits per heavy atom. The average molecular weight is 365 g/mol. The molecule has 0 radical (unpaired) electrons. The second-order valence-corrected chi connectivity index (χ2v) is 5.84. The summed E-state index contributed by atoms with van der Waals surface area (Å²) in [5, 5.41) is 2.74. The number of amides is 1. The second kappa shape index (κ2) is 9.67. The lowest BCUT2D eigenvalue weighted by Crippen LogP contribution is -2.14. The molecule has 136 valence electrons. The monoisotopic (exact) mass is 365 g/mol. The lowest BCUT2D eigenvalue weighted by atomic mass is 10.1. The lowest BCUT2D eigenvalue weighted by Gasteiger charge is -2.08. The molecule has 0 aromatic heterocycles. The fourth-order valence-corrected chi connectivity index (χ4v) is 2.44. The van der Waals surface area contributed by atoms with Crippen molar-refractivity contribution in [1.82, 2.24) is 0 Å². The van der Waals surface area contributed by atoms with Gasteiger partial charge >= 0.3 is 6.09 Å². The number of nitrogens with one attached hydrogen (secondary N) is 1. The molecule has 3 aromatic carbocycles. The molecule has 0 heterocycles. The van der Waals surface area contributed by atoms with E-state index in [4.69, 9.17) is 4.74 Å². The van der Waals surface area contributed by atoms with E-state index >= 15 is 0 Å². The van der Waals surface area contributed by atoms with E-state index in [1.165, 1.54) is 0 Å². The zero-order valence-electron chi connectivity index (χ0n) is 15.5. The van der Waals surface area contributed by atoms with E-state index < -0.39 is 6.09 Å². The minimum absolute atomic E-state index is 0.303. The van der Waals surface area contributed by atoms with Crippen LogP contribution in [-0.4, -0.2) is 12.7 Å². The van der Waals surface area contributed by atoms with Gasteiger partial charge in [0.25, 0.3) is 0 Å². The Labute approximate surface area is 165 Å². The number of carbonyl (C=O) groups excluding carboxylic acids is 1. The maximum atomic E-state index is 11.8. The summed E-state index contributed by atoms with van der Waals surface area (Å²) in [6, 6.07) is 25.0. The first kappa shape index (κ1) is 18.8. The Morgan fingerprint density at radius 2 is 1.36 bits per heavy atom.